The lowest BCUT2D eigenvalue weighted by molar-refractivity contribution is -0.158. The number of ether oxygens (including phenoxy) is 2. The van der Waals surface area contributed by atoms with Crippen LogP contribution in [0.4, 0.5) is 0 Å². The minimum Gasteiger partial charge on any atom is -0.497 e. The van der Waals surface area contributed by atoms with Gasteiger partial charge in [0.15, 0.2) is 5.69 Å². The van der Waals surface area contributed by atoms with Gasteiger partial charge in [0.05, 0.1) is 19.1 Å². The van der Waals surface area contributed by atoms with E-state index in [0.29, 0.717) is 38.2 Å². The summed E-state index contributed by atoms with van der Waals surface area (Å²) in [5.74, 6) is 0.814. The van der Waals surface area contributed by atoms with Crippen LogP contribution in [-0.4, -0.2) is 48.7 Å². The van der Waals surface area contributed by atoms with Gasteiger partial charge in [-0.3, -0.25) is 9.59 Å². The molecule has 1 saturated heterocycles. The van der Waals surface area contributed by atoms with Gasteiger partial charge in [-0.2, -0.15) is 0 Å². The minimum atomic E-state index is -0.797. The number of nitrogens with zero attached hydrogens (tertiary/aromatic N) is 2. The summed E-state index contributed by atoms with van der Waals surface area (Å²) in [6.07, 6.45) is 1.85. The van der Waals surface area contributed by atoms with Crippen LogP contribution in [-0.2, 0) is 16.0 Å². The number of piperidine rings is 1. The topological polar surface area (TPSA) is 81.9 Å². The van der Waals surface area contributed by atoms with Gasteiger partial charge in [-0.05, 0) is 50.8 Å². The molecule has 0 aliphatic carbocycles. The molecule has 2 aromatic rings. The molecule has 3 rings (SSSR count). The highest BCUT2D eigenvalue weighted by Crippen LogP contribution is 2.36. The van der Waals surface area contributed by atoms with E-state index in [2.05, 4.69) is 5.16 Å². The van der Waals surface area contributed by atoms with E-state index in [1.807, 2.05) is 24.3 Å². The summed E-state index contributed by atoms with van der Waals surface area (Å²) in [6.45, 7) is 4.69. The van der Waals surface area contributed by atoms with E-state index >= 15 is 0 Å². The summed E-state index contributed by atoms with van der Waals surface area (Å²) in [6, 6.07) is 9.26. The maximum atomic E-state index is 13.0. The normalized spacial score (nSPS) is 19.3. The first-order valence-electron chi connectivity index (χ1n) is 9.50. The average Bonchev–Trinajstić information content (AvgIpc) is 3.14. The molecule has 1 atom stereocenters. The highest BCUT2D eigenvalue weighted by molar-refractivity contribution is 5.93. The van der Waals surface area contributed by atoms with Crippen molar-refractivity contribution in [2.24, 2.45) is 5.41 Å². The molecule has 2 heterocycles. The van der Waals surface area contributed by atoms with Crippen molar-refractivity contribution >= 4 is 11.9 Å². The Kier molecular flexibility index (Phi) is 6.02. The van der Waals surface area contributed by atoms with Crippen LogP contribution in [0, 0.1) is 12.3 Å². The van der Waals surface area contributed by atoms with Crippen molar-refractivity contribution in [1.29, 1.82) is 0 Å². The molecule has 0 spiro atoms. The van der Waals surface area contributed by atoms with Crippen LogP contribution in [0.5, 0.6) is 5.75 Å². The molecule has 1 unspecified atom stereocenters. The van der Waals surface area contributed by atoms with Crippen molar-refractivity contribution in [2.45, 2.75) is 33.1 Å². The summed E-state index contributed by atoms with van der Waals surface area (Å²) in [5, 5.41) is 3.83. The number of hydrogen-bond donors (Lipinski definition) is 0. The van der Waals surface area contributed by atoms with Gasteiger partial charge in [0.1, 0.15) is 11.5 Å². The second-order valence-electron chi connectivity index (χ2n) is 7.18. The van der Waals surface area contributed by atoms with Crippen molar-refractivity contribution in [3.63, 3.8) is 0 Å². The quantitative estimate of drug-likeness (QED) is 0.710. The zero-order chi connectivity index (χ0) is 20.1. The maximum absolute atomic E-state index is 13.0. The number of aryl methyl sites for hydroxylation is 1. The molecule has 1 aromatic heterocycles. The molecular formula is C21H26N2O5. The molecular weight excluding hydrogens is 360 g/mol. The molecule has 7 heteroatoms. The zero-order valence-corrected chi connectivity index (χ0v) is 16.6. The molecule has 0 saturated carbocycles. The second kappa shape index (κ2) is 8.46. The van der Waals surface area contributed by atoms with Crippen molar-refractivity contribution in [3.8, 4) is 5.75 Å². The van der Waals surface area contributed by atoms with E-state index in [0.717, 1.165) is 11.3 Å². The summed E-state index contributed by atoms with van der Waals surface area (Å²) in [5.41, 5.74) is 0.437. The Morgan fingerprint density at radius 1 is 1.32 bits per heavy atom. The number of carbonyl (C=O) groups excluding carboxylic acids is 2. The van der Waals surface area contributed by atoms with Crippen molar-refractivity contribution in [1.82, 2.24) is 10.1 Å². The molecule has 0 radical (unpaired) electrons. The minimum absolute atomic E-state index is 0.226. The number of carbonyl (C=O) groups is 2. The van der Waals surface area contributed by atoms with E-state index in [9.17, 15) is 9.59 Å². The van der Waals surface area contributed by atoms with Crippen LogP contribution in [0.2, 0.25) is 0 Å². The molecule has 1 aromatic carbocycles. The molecule has 0 bridgehead atoms. The predicted molar refractivity (Wildman–Crippen MR) is 102 cm³/mol. The highest BCUT2D eigenvalue weighted by Gasteiger charge is 2.45. The number of benzene rings is 1. The number of rotatable bonds is 6. The SMILES string of the molecule is CCOC(=O)C1(Cc2cccc(OC)c2)CCCN(C(=O)c2cc(C)on2)C1. The third kappa shape index (κ3) is 4.18. The van der Waals surface area contributed by atoms with E-state index in [1.54, 1.807) is 31.9 Å². The lowest BCUT2D eigenvalue weighted by atomic mass is 9.75. The molecule has 28 heavy (non-hydrogen) atoms. The van der Waals surface area contributed by atoms with Gasteiger partial charge < -0.3 is 18.9 Å². The molecule has 1 fully saturated rings. The van der Waals surface area contributed by atoms with Gasteiger partial charge in [0.25, 0.3) is 5.91 Å². The first-order chi connectivity index (χ1) is 13.5. The van der Waals surface area contributed by atoms with E-state index in [-0.39, 0.29) is 24.1 Å². The summed E-state index contributed by atoms with van der Waals surface area (Å²) < 4.78 is 15.7. The van der Waals surface area contributed by atoms with Gasteiger partial charge in [-0.15, -0.1) is 0 Å². The van der Waals surface area contributed by atoms with Crippen molar-refractivity contribution in [2.75, 3.05) is 26.8 Å². The Morgan fingerprint density at radius 3 is 2.82 bits per heavy atom. The van der Waals surface area contributed by atoms with E-state index < -0.39 is 5.41 Å². The number of aromatic nitrogens is 1. The Labute approximate surface area is 164 Å². The number of methoxy groups -OCH3 is 1. The number of hydrogen-bond acceptors (Lipinski definition) is 6. The Morgan fingerprint density at radius 2 is 2.14 bits per heavy atom. The molecule has 150 valence electrons. The van der Waals surface area contributed by atoms with Crippen LogP contribution in [0.15, 0.2) is 34.9 Å². The Bertz CT molecular complexity index is 847. The molecule has 7 nitrogen and oxygen atoms in total. The number of esters is 1. The van der Waals surface area contributed by atoms with Gasteiger partial charge in [-0.25, -0.2) is 0 Å². The van der Waals surface area contributed by atoms with Gasteiger partial charge in [-0.1, -0.05) is 17.3 Å². The fourth-order valence-corrected chi connectivity index (χ4v) is 3.77. The largest absolute Gasteiger partial charge is 0.497 e. The summed E-state index contributed by atoms with van der Waals surface area (Å²) in [7, 11) is 1.61. The Hall–Kier alpha value is -2.83. The van der Waals surface area contributed by atoms with Crippen LogP contribution in [0.1, 0.15) is 41.6 Å². The van der Waals surface area contributed by atoms with Crippen LogP contribution < -0.4 is 4.74 Å². The standard InChI is InChI=1S/C21H26N2O5/c1-4-27-20(25)21(13-16-7-5-8-17(12-16)26-3)9-6-10-23(14-21)19(24)18-11-15(2)28-22-18/h5,7-8,11-12H,4,6,9-10,13-14H2,1-3H3. The zero-order valence-electron chi connectivity index (χ0n) is 16.6. The maximum Gasteiger partial charge on any atom is 0.314 e. The monoisotopic (exact) mass is 386 g/mol. The van der Waals surface area contributed by atoms with Gasteiger partial charge in [0.2, 0.25) is 0 Å². The van der Waals surface area contributed by atoms with Crippen molar-refractivity contribution in [3.05, 3.63) is 47.3 Å². The van der Waals surface area contributed by atoms with Crippen LogP contribution >= 0.6 is 0 Å². The van der Waals surface area contributed by atoms with Crippen molar-refractivity contribution < 1.29 is 23.6 Å². The summed E-state index contributed by atoms with van der Waals surface area (Å²) >= 11 is 0. The van der Waals surface area contributed by atoms with Gasteiger partial charge in [0, 0.05) is 19.2 Å². The molecule has 1 aliphatic rings. The lowest BCUT2D eigenvalue weighted by Crippen LogP contribution is -2.51. The second-order valence-corrected chi connectivity index (χ2v) is 7.18. The fraction of sp³-hybridized carbons (Fsp3) is 0.476. The first-order valence-corrected chi connectivity index (χ1v) is 9.50. The van der Waals surface area contributed by atoms with Crippen LogP contribution in [0.25, 0.3) is 0 Å². The Balaban J connectivity index is 1.87. The molecule has 1 aliphatic heterocycles. The predicted octanol–water partition coefficient (Wildman–Crippen LogP) is 3.02. The lowest BCUT2D eigenvalue weighted by Gasteiger charge is -2.40. The van der Waals surface area contributed by atoms with Crippen LogP contribution in [0.3, 0.4) is 0 Å². The van der Waals surface area contributed by atoms with Gasteiger partial charge >= 0.3 is 5.97 Å². The first kappa shape index (κ1) is 19.9. The number of amides is 1. The number of likely N-dealkylation sites (tertiary alicyclic amines) is 1. The molecule has 0 N–H and O–H groups in total. The average molecular weight is 386 g/mol. The van der Waals surface area contributed by atoms with E-state index in [1.165, 1.54) is 0 Å². The fourth-order valence-electron chi connectivity index (χ4n) is 3.77. The highest BCUT2D eigenvalue weighted by atomic mass is 16.5. The summed E-state index contributed by atoms with van der Waals surface area (Å²) in [4.78, 5) is 27.5. The smallest absolute Gasteiger partial charge is 0.314 e. The third-order valence-electron chi connectivity index (χ3n) is 5.10. The molecule has 1 amide bonds. The third-order valence-corrected chi connectivity index (χ3v) is 5.10. The van der Waals surface area contributed by atoms with E-state index in [4.69, 9.17) is 14.0 Å².